The predicted molar refractivity (Wildman–Crippen MR) is 309 cm³/mol. The second-order valence-electron chi connectivity index (χ2n) is 20.0. The number of nitrogens with one attached hydrogen (secondary N) is 3. The molecule has 1 unspecified atom stereocenters. The van der Waals surface area contributed by atoms with Crippen LogP contribution in [0.4, 0.5) is 28.4 Å². The number of thioether (sulfide) groups is 1. The number of morpholine rings is 1. The van der Waals surface area contributed by atoms with Gasteiger partial charge in [0.2, 0.25) is 0 Å². The van der Waals surface area contributed by atoms with Gasteiger partial charge in [0.1, 0.15) is 11.9 Å². The average Bonchev–Trinajstić information content (AvgIpc) is 3.75. The lowest BCUT2D eigenvalue weighted by molar-refractivity contribution is -0.384. The summed E-state index contributed by atoms with van der Waals surface area (Å²) in [7, 11) is 0.0470. The number of halogens is 1. The van der Waals surface area contributed by atoms with Crippen LogP contribution in [0.5, 0.6) is 0 Å². The lowest BCUT2D eigenvalue weighted by Gasteiger charge is -2.37. The van der Waals surface area contributed by atoms with E-state index in [1.165, 1.54) is 12.1 Å². The van der Waals surface area contributed by atoms with Crippen LogP contribution in [0.25, 0.3) is 22.4 Å². The molecule has 3 aliphatic rings. The van der Waals surface area contributed by atoms with Crippen LogP contribution in [-0.2, 0) is 21.8 Å². The Morgan fingerprint density at radius 2 is 1.45 bits per heavy atom. The number of rotatable bonds is 22. The number of hydrogen-bond acceptors (Lipinski definition) is 14. The number of aromatic nitrogens is 1. The minimum absolute atomic E-state index is 0.122. The molecule has 0 radical (unpaired) electrons. The highest BCUT2D eigenvalue weighted by Crippen LogP contribution is 2.42. The molecule has 2 atom stereocenters. The van der Waals surface area contributed by atoms with Gasteiger partial charge >= 0.3 is 0 Å². The number of hydrogen-bond donors (Lipinski definition) is 4. The first kappa shape index (κ1) is 55.1. The summed E-state index contributed by atoms with van der Waals surface area (Å²) in [6.07, 6.45) is 0.805. The van der Waals surface area contributed by atoms with Crippen LogP contribution < -0.4 is 25.2 Å². The number of nitro benzene ring substituents is 1. The second kappa shape index (κ2) is 25.7. The molecule has 404 valence electrons. The third kappa shape index (κ3) is 13.9. The Bertz CT molecular complexity index is 2980. The molecule has 4 N–H and O–H groups in total. The number of aliphatic hydroxyl groups is 1. The number of anilines is 4. The first-order valence-electron chi connectivity index (χ1n) is 26.3. The molecule has 3 aliphatic heterocycles. The maximum atomic E-state index is 13.8. The van der Waals surface area contributed by atoms with Gasteiger partial charge in [-0.2, -0.15) is 0 Å². The van der Waals surface area contributed by atoms with Gasteiger partial charge in [0.15, 0.2) is 0 Å². The van der Waals surface area contributed by atoms with Crippen LogP contribution >= 0.6 is 23.4 Å². The third-order valence-electron chi connectivity index (χ3n) is 14.9. The third-order valence-corrected chi connectivity index (χ3v) is 17.7. The van der Waals surface area contributed by atoms with Gasteiger partial charge in [-0.15, -0.1) is 11.8 Å². The van der Waals surface area contributed by atoms with E-state index in [0.717, 1.165) is 147 Å². The standard InChI is InChI=1S/C57H71ClN10O6S2/c1-42-54(57(69)59-24-8-25-64-29-27-62(2)28-30-64)55(56(63(42)3)43-13-15-45(58)16-14-43)44-9-7-10-49(39-44)67-33-31-66(32-34-67)48-19-17-46(18-20-48)61-76(72,73)51-21-22-52(53(40-51)68(70)71)60-47(23-26-65-35-37-74-38-36-65)41-75-50-11-5-4-6-12-50/h4-7,9-22,39-40,47,57,59-61,69H,8,23-38,41H2,1-3H3/t47-,57?/m1/s1. The van der Waals surface area contributed by atoms with Crippen molar-refractivity contribution in [2.24, 2.45) is 7.05 Å². The zero-order valence-corrected chi connectivity index (χ0v) is 46.1. The smallest absolute Gasteiger partial charge is 0.293 e. The molecule has 76 heavy (non-hydrogen) atoms. The normalized spacial score (nSPS) is 16.9. The van der Waals surface area contributed by atoms with Crippen molar-refractivity contribution in [2.75, 3.05) is 131 Å². The van der Waals surface area contributed by atoms with Gasteiger partial charge in [0.25, 0.3) is 15.7 Å². The minimum Gasteiger partial charge on any atom is -0.379 e. The van der Waals surface area contributed by atoms with Crippen molar-refractivity contribution >= 4 is 61.8 Å². The quantitative estimate of drug-likeness (QED) is 0.0168. The maximum absolute atomic E-state index is 13.8. The van der Waals surface area contributed by atoms with E-state index in [1.54, 1.807) is 23.9 Å². The maximum Gasteiger partial charge on any atom is 0.293 e. The Kier molecular flexibility index (Phi) is 18.6. The first-order valence-corrected chi connectivity index (χ1v) is 29.2. The topological polar surface area (TPSA) is 164 Å². The summed E-state index contributed by atoms with van der Waals surface area (Å²) in [4.78, 5) is 24.7. The number of piperazine rings is 2. The Balaban J connectivity index is 0.843. The van der Waals surface area contributed by atoms with Crippen molar-refractivity contribution in [3.05, 3.63) is 148 Å². The van der Waals surface area contributed by atoms with Crippen molar-refractivity contribution < 1.29 is 23.2 Å². The van der Waals surface area contributed by atoms with Gasteiger partial charge in [-0.1, -0.05) is 54.1 Å². The largest absolute Gasteiger partial charge is 0.379 e. The van der Waals surface area contributed by atoms with E-state index in [2.05, 4.69) is 89.7 Å². The van der Waals surface area contributed by atoms with Crippen LogP contribution in [0.15, 0.2) is 131 Å². The van der Waals surface area contributed by atoms with E-state index in [4.69, 9.17) is 16.3 Å². The molecular formula is C57H71ClN10O6S2. The SMILES string of the molecule is Cc1c(C(O)NCCCN2CCN(C)CC2)c(-c2cccc(N3CCN(c4ccc(NS(=O)(=O)c5ccc(N[C@H](CCN6CCOCC6)CSc6ccccc6)c([N+](=O)[O-])c5)cc4)CC3)c2)c(-c2ccc(Cl)cc2)n1C. The zero-order valence-electron chi connectivity index (χ0n) is 43.7. The van der Waals surface area contributed by atoms with Crippen molar-refractivity contribution in [3.63, 3.8) is 0 Å². The molecule has 16 nitrogen and oxygen atoms in total. The van der Waals surface area contributed by atoms with Crippen LogP contribution in [-0.4, -0.2) is 155 Å². The number of nitrogens with zero attached hydrogens (tertiary/aromatic N) is 7. The fourth-order valence-corrected chi connectivity index (χ4v) is 12.6. The first-order chi connectivity index (χ1) is 36.8. The van der Waals surface area contributed by atoms with Crippen LogP contribution in [0.3, 0.4) is 0 Å². The van der Waals surface area contributed by atoms with E-state index >= 15 is 0 Å². The number of sulfonamides is 1. The van der Waals surface area contributed by atoms with E-state index in [-0.39, 0.29) is 22.3 Å². The summed E-state index contributed by atoms with van der Waals surface area (Å²) >= 11 is 8.04. The predicted octanol–water partition coefficient (Wildman–Crippen LogP) is 8.87. The summed E-state index contributed by atoms with van der Waals surface area (Å²) in [5.74, 6) is 0.665. The Labute approximate surface area is 457 Å². The molecule has 3 saturated heterocycles. The number of likely N-dealkylation sites (N-methyl/N-ethyl adjacent to an activating group) is 1. The molecule has 9 rings (SSSR count). The average molecular weight is 1090 g/mol. The van der Waals surface area contributed by atoms with E-state index in [0.29, 0.717) is 36.2 Å². The lowest BCUT2D eigenvalue weighted by atomic mass is 9.95. The molecule has 0 saturated carbocycles. The molecule has 0 bridgehead atoms. The highest BCUT2D eigenvalue weighted by atomic mass is 35.5. The molecular weight excluding hydrogens is 1020 g/mol. The molecule has 4 heterocycles. The molecule has 19 heteroatoms. The minimum atomic E-state index is -4.18. The van der Waals surface area contributed by atoms with Crippen LogP contribution in [0.1, 0.15) is 30.3 Å². The lowest BCUT2D eigenvalue weighted by Crippen LogP contribution is -2.46. The van der Waals surface area contributed by atoms with Gasteiger partial charge in [0, 0.05) is 141 Å². The fraction of sp³-hybridized carbons (Fsp3) is 0.404. The summed E-state index contributed by atoms with van der Waals surface area (Å²) < 4.78 is 37.9. The van der Waals surface area contributed by atoms with Crippen molar-refractivity contribution in [3.8, 4) is 22.4 Å². The van der Waals surface area contributed by atoms with Gasteiger partial charge in [-0.05, 0) is 124 Å². The number of ether oxygens (including phenoxy) is 1. The monoisotopic (exact) mass is 1090 g/mol. The highest BCUT2D eigenvalue weighted by molar-refractivity contribution is 7.99. The summed E-state index contributed by atoms with van der Waals surface area (Å²) in [6.45, 7) is 14.9. The Morgan fingerprint density at radius 3 is 2.14 bits per heavy atom. The van der Waals surface area contributed by atoms with Crippen LogP contribution in [0, 0.1) is 17.0 Å². The number of benzene rings is 5. The summed E-state index contributed by atoms with van der Waals surface area (Å²) in [5, 5.41) is 31.9. The van der Waals surface area contributed by atoms with E-state index in [9.17, 15) is 23.6 Å². The van der Waals surface area contributed by atoms with Gasteiger partial charge < -0.3 is 39.3 Å². The van der Waals surface area contributed by atoms with Crippen molar-refractivity contribution in [2.45, 2.75) is 41.8 Å². The molecule has 6 aromatic rings. The number of nitro groups is 1. The van der Waals surface area contributed by atoms with E-state index < -0.39 is 21.2 Å². The molecule has 0 aliphatic carbocycles. The van der Waals surface area contributed by atoms with Crippen molar-refractivity contribution in [1.82, 2.24) is 24.6 Å². The molecule has 1 aromatic heterocycles. The van der Waals surface area contributed by atoms with Crippen LogP contribution in [0.2, 0.25) is 5.02 Å². The zero-order chi connectivity index (χ0) is 53.2. The summed E-state index contributed by atoms with van der Waals surface area (Å²) in [5.41, 5.74) is 8.22. The molecule has 0 amide bonds. The Morgan fingerprint density at radius 1 is 0.763 bits per heavy atom. The van der Waals surface area contributed by atoms with Gasteiger partial charge in [-0.3, -0.25) is 25.1 Å². The Hall–Kier alpha value is -5.67. The molecule has 0 spiro atoms. The van der Waals surface area contributed by atoms with Gasteiger partial charge in [0.05, 0.1) is 28.7 Å². The second-order valence-corrected chi connectivity index (χ2v) is 23.2. The van der Waals surface area contributed by atoms with E-state index in [1.807, 2.05) is 66.7 Å². The summed E-state index contributed by atoms with van der Waals surface area (Å²) in [6, 6.07) is 37.7. The number of aliphatic hydroxyl groups excluding tert-OH is 1. The highest BCUT2D eigenvalue weighted by Gasteiger charge is 2.28. The fourth-order valence-electron chi connectivity index (χ4n) is 10.4. The van der Waals surface area contributed by atoms with Crippen molar-refractivity contribution in [1.29, 1.82) is 0 Å². The molecule has 3 fully saturated rings. The molecule has 5 aromatic carbocycles. The van der Waals surface area contributed by atoms with Gasteiger partial charge in [-0.25, -0.2) is 8.42 Å².